The van der Waals surface area contributed by atoms with Gasteiger partial charge in [0.1, 0.15) is 0 Å². The molecule has 1 aliphatic heterocycles. The van der Waals surface area contributed by atoms with Crippen LogP contribution in [0.25, 0.3) is 0 Å². The van der Waals surface area contributed by atoms with Gasteiger partial charge in [0.05, 0.1) is 0 Å². The van der Waals surface area contributed by atoms with Crippen molar-refractivity contribution in [2.75, 3.05) is 13.1 Å². The van der Waals surface area contributed by atoms with Gasteiger partial charge in [-0.2, -0.15) is 0 Å². The molecule has 1 aliphatic carbocycles. The van der Waals surface area contributed by atoms with Gasteiger partial charge in [-0.25, -0.2) is 0 Å². The molecular weight excluding hydrogens is 160 g/mol. The molecule has 2 heteroatoms. The zero-order valence-corrected chi connectivity index (χ0v) is 9.09. The van der Waals surface area contributed by atoms with E-state index in [0.29, 0.717) is 17.4 Å². The number of hydrogen-bond acceptors (Lipinski definition) is 2. The SMILES string of the molecule is CC1CN(C(C)C2(C)CC2)CC1N. The molecule has 0 aromatic heterocycles. The van der Waals surface area contributed by atoms with E-state index < -0.39 is 0 Å². The van der Waals surface area contributed by atoms with Gasteiger partial charge in [0.2, 0.25) is 0 Å². The fourth-order valence-corrected chi connectivity index (χ4v) is 2.40. The molecule has 13 heavy (non-hydrogen) atoms. The summed E-state index contributed by atoms with van der Waals surface area (Å²) in [6.45, 7) is 9.37. The predicted octanol–water partition coefficient (Wildman–Crippen LogP) is 1.45. The first-order chi connectivity index (χ1) is 6.03. The van der Waals surface area contributed by atoms with Crippen LogP contribution in [0.4, 0.5) is 0 Å². The largest absolute Gasteiger partial charge is 0.326 e. The number of hydrogen-bond donors (Lipinski definition) is 1. The van der Waals surface area contributed by atoms with Gasteiger partial charge in [-0.3, -0.25) is 4.90 Å². The molecule has 0 bridgehead atoms. The second kappa shape index (κ2) is 2.96. The van der Waals surface area contributed by atoms with Crippen molar-refractivity contribution in [2.45, 2.75) is 45.7 Å². The molecule has 2 N–H and O–H groups in total. The average molecular weight is 182 g/mol. The highest BCUT2D eigenvalue weighted by atomic mass is 15.2. The molecule has 2 aliphatic rings. The lowest BCUT2D eigenvalue weighted by Crippen LogP contribution is -2.38. The topological polar surface area (TPSA) is 29.3 Å². The lowest BCUT2D eigenvalue weighted by atomic mass is 9.99. The van der Waals surface area contributed by atoms with Crippen molar-refractivity contribution < 1.29 is 0 Å². The fourth-order valence-electron chi connectivity index (χ4n) is 2.40. The Morgan fingerprint density at radius 1 is 1.38 bits per heavy atom. The summed E-state index contributed by atoms with van der Waals surface area (Å²) in [6, 6.07) is 1.15. The van der Waals surface area contributed by atoms with Gasteiger partial charge in [-0.15, -0.1) is 0 Å². The van der Waals surface area contributed by atoms with Crippen LogP contribution in [-0.2, 0) is 0 Å². The van der Waals surface area contributed by atoms with Gasteiger partial charge in [0.15, 0.2) is 0 Å². The quantitative estimate of drug-likeness (QED) is 0.700. The molecule has 0 spiro atoms. The molecule has 3 atom stereocenters. The Morgan fingerprint density at radius 3 is 2.38 bits per heavy atom. The fraction of sp³-hybridized carbons (Fsp3) is 1.00. The molecule has 0 radical (unpaired) electrons. The molecule has 1 heterocycles. The molecule has 76 valence electrons. The molecule has 2 fully saturated rings. The first-order valence-corrected chi connectivity index (χ1v) is 5.52. The van der Waals surface area contributed by atoms with Crippen LogP contribution in [0.2, 0.25) is 0 Å². The summed E-state index contributed by atoms with van der Waals surface area (Å²) in [5, 5.41) is 0. The van der Waals surface area contributed by atoms with Crippen molar-refractivity contribution in [1.82, 2.24) is 4.90 Å². The normalized spacial score (nSPS) is 40.6. The Kier molecular flexibility index (Phi) is 2.16. The minimum atomic E-state index is 0.407. The molecular formula is C11H22N2. The zero-order chi connectivity index (χ0) is 9.64. The highest BCUT2D eigenvalue weighted by molar-refractivity contribution is 5.00. The Morgan fingerprint density at radius 2 is 2.00 bits per heavy atom. The van der Waals surface area contributed by atoms with Crippen LogP contribution in [0, 0.1) is 11.3 Å². The van der Waals surface area contributed by atoms with Gasteiger partial charge in [-0.1, -0.05) is 13.8 Å². The Labute approximate surface area is 81.5 Å². The lowest BCUT2D eigenvalue weighted by molar-refractivity contribution is 0.179. The van der Waals surface area contributed by atoms with Crippen LogP contribution in [-0.4, -0.2) is 30.1 Å². The number of rotatable bonds is 2. The van der Waals surface area contributed by atoms with Crippen LogP contribution in [0.1, 0.15) is 33.6 Å². The Bertz CT molecular complexity index is 188. The molecule has 0 aromatic carbocycles. The van der Waals surface area contributed by atoms with Gasteiger partial charge >= 0.3 is 0 Å². The van der Waals surface area contributed by atoms with E-state index in [0.717, 1.165) is 12.6 Å². The molecule has 1 saturated heterocycles. The third-order valence-electron chi connectivity index (χ3n) is 4.29. The molecule has 0 aromatic rings. The van der Waals surface area contributed by atoms with E-state index in [1.807, 2.05) is 0 Å². The number of likely N-dealkylation sites (tertiary alicyclic amines) is 1. The lowest BCUT2D eigenvalue weighted by Gasteiger charge is -2.29. The highest BCUT2D eigenvalue weighted by Crippen LogP contribution is 2.50. The monoisotopic (exact) mass is 182 g/mol. The third kappa shape index (κ3) is 1.62. The minimum Gasteiger partial charge on any atom is -0.326 e. The molecule has 1 saturated carbocycles. The third-order valence-corrected chi connectivity index (χ3v) is 4.29. The second-order valence-corrected chi connectivity index (χ2v) is 5.43. The van der Waals surface area contributed by atoms with E-state index in [1.165, 1.54) is 19.4 Å². The number of nitrogens with zero attached hydrogens (tertiary/aromatic N) is 1. The van der Waals surface area contributed by atoms with Gasteiger partial charge in [0.25, 0.3) is 0 Å². The van der Waals surface area contributed by atoms with E-state index >= 15 is 0 Å². The van der Waals surface area contributed by atoms with Crippen molar-refractivity contribution in [3.63, 3.8) is 0 Å². The summed E-state index contributed by atoms with van der Waals surface area (Å²) < 4.78 is 0. The summed E-state index contributed by atoms with van der Waals surface area (Å²) in [6.07, 6.45) is 2.82. The van der Waals surface area contributed by atoms with Crippen molar-refractivity contribution in [3.8, 4) is 0 Å². The van der Waals surface area contributed by atoms with E-state index in [4.69, 9.17) is 5.73 Å². The molecule has 2 nitrogen and oxygen atoms in total. The summed E-state index contributed by atoms with van der Waals surface area (Å²) in [5.74, 6) is 0.685. The predicted molar refractivity (Wildman–Crippen MR) is 55.5 cm³/mol. The summed E-state index contributed by atoms with van der Waals surface area (Å²) in [7, 11) is 0. The van der Waals surface area contributed by atoms with Crippen molar-refractivity contribution in [2.24, 2.45) is 17.1 Å². The van der Waals surface area contributed by atoms with Gasteiger partial charge < -0.3 is 5.73 Å². The summed E-state index contributed by atoms with van der Waals surface area (Å²) in [5.41, 5.74) is 6.64. The zero-order valence-electron chi connectivity index (χ0n) is 9.09. The van der Waals surface area contributed by atoms with Gasteiger partial charge in [0, 0.05) is 25.2 Å². The van der Waals surface area contributed by atoms with E-state index in [-0.39, 0.29) is 0 Å². The summed E-state index contributed by atoms with van der Waals surface area (Å²) >= 11 is 0. The molecule has 0 amide bonds. The Balaban J connectivity index is 1.95. The van der Waals surface area contributed by atoms with E-state index in [1.54, 1.807) is 0 Å². The minimum absolute atomic E-state index is 0.407. The Hall–Kier alpha value is -0.0800. The maximum Gasteiger partial charge on any atom is 0.0206 e. The highest BCUT2D eigenvalue weighted by Gasteiger charge is 2.46. The molecule has 3 unspecified atom stereocenters. The van der Waals surface area contributed by atoms with E-state index in [2.05, 4.69) is 25.7 Å². The van der Waals surface area contributed by atoms with Crippen LogP contribution >= 0.6 is 0 Å². The first kappa shape index (κ1) is 9.47. The van der Waals surface area contributed by atoms with Crippen LogP contribution in [0.15, 0.2) is 0 Å². The second-order valence-electron chi connectivity index (χ2n) is 5.43. The summed E-state index contributed by atoms with van der Waals surface area (Å²) in [4.78, 5) is 2.59. The number of nitrogens with two attached hydrogens (primary N) is 1. The first-order valence-electron chi connectivity index (χ1n) is 5.52. The smallest absolute Gasteiger partial charge is 0.0206 e. The van der Waals surface area contributed by atoms with Crippen molar-refractivity contribution in [3.05, 3.63) is 0 Å². The molecule has 2 rings (SSSR count). The maximum absolute atomic E-state index is 6.03. The van der Waals surface area contributed by atoms with Crippen LogP contribution < -0.4 is 5.73 Å². The standard InChI is InChI=1S/C11H22N2/c1-8-6-13(7-10(8)12)9(2)11(3)4-5-11/h8-10H,4-7,12H2,1-3H3. The van der Waals surface area contributed by atoms with Crippen LogP contribution in [0.3, 0.4) is 0 Å². The van der Waals surface area contributed by atoms with E-state index in [9.17, 15) is 0 Å². The van der Waals surface area contributed by atoms with Crippen LogP contribution in [0.5, 0.6) is 0 Å². The average Bonchev–Trinajstić information content (AvgIpc) is 2.74. The van der Waals surface area contributed by atoms with Crippen molar-refractivity contribution >= 4 is 0 Å². The van der Waals surface area contributed by atoms with Crippen molar-refractivity contribution in [1.29, 1.82) is 0 Å². The maximum atomic E-state index is 6.03. The van der Waals surface area contributed by atoms with Gasteiger partial charge in [-0.05, 0) is 31.1 Å².